The minimum atomic E-state index is -0.208. The van der Waals surface area contributed by atoms with E-state index in [9.17, 15) is 9.90 Å². The quantitative estimate of drug-likeness (QED) is 0.507. The van der Waals surface area contributed by atoms with E-state index < -0.39 is 0 Å². The Morgan fingerprint density at radius 1 is 1.32 bits per heavy atom. The van der Waals surface area contributed by atoms with Crippen molar-refractivity contribution in [2.75, 3.05) is 12.0 Å². The van der Waals surface area contributed by atoms with Crippen LogP contribution in [0.15, 0.2) is 45.8 Å². The van der Waals surface area contributed by atoms with E-state index in [1.165, 1.54) is 23.8 Å². The molecule has 0 saturated carbocycles. The number of anilines is 1. The molecule has 4 nitrogen and oxygen atoms in total. The van der Waals surface area contributed by atoms with Crippen LogP contribution in [0.3, 0.4) is 0 Å². The van der Waals surface area contributed by atoms with Gasteiger partial charge < -0.3 is 9.84 Å². The van der Waals surface area contributed by atoms with Gasteiger partial charge in [-0.1, -0.05) is 51.5 Å². The van der Waals surface area contributed by atoms with Gasteiger partial charge in [0.2, 0.25) is 0 Å². The number of methoxy groups -OCH3 is 1. The lowest BCUT2D eigenvalue weighted by Gasteiger charge is -2.14. The summed E-state index contributed by atoms with van der Waals surface area (Å²) in [6.07, 6.45) is 1.67. The van der Waals surface area contributed by atoms with Gasteiger partial charge in [-0.05, 0) is 48.0 Å². The number of amides is 1. The molecule has 8 heteroatoms. The molecule has 25 heavy (non-hydrogen) atoms. The smallest absolute Gasteiger partial charge is 0.270 e. The van der Waals surface area contributed by atoms with Crippen molar-refractivity contribution in [3.05, 3.63) is 56.4 Å². The molecule has 2 aromatic rings. The van der Waals surface area contributed by atoms with Crippen LogP contribution in [0.4, 0.5) is 5.69 Å². The Morgan fingerprint density at radius 3 is 2.64 bits per heavy atom. The third kappa shape index (κ3) is 3.69. The number of carbonyl (C=O) groups is 1. The lowest BCUT2D eigenvalue weighted by molar-refractivity contribution is -0.113. The number of aromatic hydroxyl groups is 1. The minimum Gasteiger partial charge on any atom is -0.503 e. The predicted molar refractivity (Wildman–Crippen MR) is 109 cm³/mol. The molecular formula is C17H11BrClNO3S2. The first-order valence-corrected chi connectivity index (χ1v) is 9.40. The Bertz CT molecular complexity index is 900. The standard InChI is InChI=1S/C17H11BrClNO3S2/c1-23-13-7-9(6-12(19)15(13)21)8-14-16(22)20(17(24)25-14)11-4-2-10(18)3-5-11/h2-8,21H,1H3/b14-8-. The highest BCUT2D eigenvalue weighted by Gasteiger charge is 2.33. The third-order valence-corrected chi connectivity index (χ3v) is 5.57. The number of halogens is 2. The topological polar surface area (TPSA) is 49.8 Å². The van der Waals surface area contributed by atoms with Gasteiger partial charge in [-0.3, -0.25) is 9.69 Å². The number of rotatable bonds is 3. The monoisotopic (exact) mass is 455 g/mol. The number of hydrogen-bond acceptors (Lipinski definition) is 5. The van der Waals surface area contributed by atoms with E-state index in [2.05, 4.69) is 15.9 Å². The molecule has 1 aliphatic heterocycles. The molecule has 1 aliphatic rings. The summed E-state index contributed by atoms with van der Waals surface area (Å²) >= 11 is 15.9. The summed E-state index contributed by atoms with van der Waals surface area (Å²) in [4.78, 5) is 14.7. The first-order valence-electron chi connectivity index (χ1n) is 7.00. The Labute approximate surface area is 167 Å². The molecule has 1 heterocycles. The Morgan fingerprint density at radius 2 is 2.00 bits per heavy atom. The first-order chi connectivity index (χ1) is 11.9. The Hall–Kier alpha value is -1.54. The number of carbonyl (C=O) groups excluding carboxylic acids is 1. The van der Waals surface area contributed by atoms with Crippen molar-refractivity contribution in [2.24, 2.45) is 0 Å². The lowest BCUT2D eigenvalue weighted by atomic mass is 10.1. The van der Waals surface area contributed by atoms with E-state index in [-0.39, 0.29) is 22.4 Å². The molecule has 0 radical (unpaired) electrons. The molecule has 2 aromatic carbocycles. The van der Waals surface area contributed by atoms with Crippen molar-refractivity contribution in [1.29, 1.82) is 0 Å². The number of nitrogens with zero attached hydrogens (tertiary/aromatic N) is 1. The maximum atomic E-state index is 12.7. The predicted octanol–water partition coefficient (Wildman–Crippen LogP) is 5.22. The molecule has 0 aliphatic carbocycles. The second kappa shape index (κ2) is 7.37. The van der Waals surface area contributed by atoms with Gasteiger partial charge in [-0.15, -0.1) is 0 Å². The fraction of sp³-hybridized carbons (Fsp3) is 0.0588. The van der Waals surface area contributed by atoms with Gasteiger partial charge in [0, 0.05) is 4.47 Å². The van der Waals surface area contributed by atoms with Crippen molar-refractivity contribution in [1.82, 2.24) is 0 Å². The number of thiocarbonyl (C=S) groups is 1. The fourth-order valence-corrected chi connectivity index (χ4v) is 4.05. The summed E-state index contributed by atoms with van der Waals surface area (Å²) in [5.74, 6) is -0.105. The Balaban J connectivity index is 1.95. The van der Waals surface area contributed by atoms with Crippen molar-refractivity contribution >= 4 is 73.5 Å². The summed E-state index contributed by atoms with van der Waals surface area (Å²) in [5, 5.41) is 9.95. The average molecular weight is 457 g/mol. The second-order valence-corrected chi connectivity index (χ2v) is 8.05. The number of ether oxygens (including phenoxy) is 1. The molecule has 0 spiro atoms. The van der Waals surface area contributed by atoms with Crippen LogP contribution >= 0.6 is 51.5 Å². The molecule has 1 amide bonds. The van der Waals surface area contributed by atoms with E-state index in [4.69, 9.17) is 28.6 Å². The summed E-state index contributed by atoms with van der Waals surface area (Å²) in [7, 11) is 1.43. The van der Waals surface area contributed by atoms with Crippen molar-refractivity contribution in [3.63, 3.8) is 0 Å². The van der Waals surface area contributed by atoms with Gasteiger partial charge in [0.25, 0.3) is 5.91 Å². The zero-order valence-electron chi connectivity index (χ0n) is 12.8. The second-order valence-electron chi connectivity index (χ2n) is 5.05. The van der Waals surface area contributed by atoms with Gasteiger partial charge in [0.05, 0.1) is 22.7 Å². The summed E-state index contributed by atoms with van der Waals surface area (Å²) in [6, 6.07) is 10.5. The van der Waals surface area contributed by atoms with Gasteiger partial charge in [0.15, 0.2) is 15.8 Å². The van der Waals surface area contributed by atoms with Crippen LogP contribution in [-0.4, -0.2) is 22.4 Å². The zero-order chi connectivity index (χ0) is 18.1. The van der Waals surface area contributed by atoms with Crippen molar-refractivity contribution < 1.29 is 14.6 Å². The van der Waals surface area contributed by atoms with Crippen LogP contribution in [0.5, 0.6) is 11.5 Å². The normalized spacial score (nSPS) is 16.0. The molecule has 1 fully saturated rings. The number of phenols is 1. The van der Waals surface area contributed by atoms with E-state index >= 15 is 0 Å². The van der Waals surface area contributed by atoms with E-state index in [1.54, 1.807) is 18.2 Å². The first kappa shape index (κ1) is 18.3. The molecular weight excluding hydrogens is 446 g/mol. The van der Waals surface area contributed by atoms with Crippen LogP contribution in [0, 0.1) is 0 Å². The fourth-order valence-electron chi connectivity index (χ4n) is 2.26. The van der Waals surface area contributed by atoms with Gasteiger partial charge in [-0.2, -0.15) is 0 Å². The SMILES string of the molecule is COc1cc(/C=C2\SC(=S)N(c3ccc(Br)cc3)C2=O)cc(Cl)c1O. The van der Waals surface area contributed by atoms with Gasteiger partial charge in [-0.25, -0.2) is 0 Å². The molecule has 3 rings (SSSR count). The zero-order valence-corrected chi connectivity index (χ0v) is 16.8. The molecule has 0 aromatic heterocycles. The van der Waals surface area contributed by atoms with E-state index in [1.807, 2.05) is 24.3 Å². The van der Waals surface area contributed by atoms with Gasteiger partial charge >= 0.3 is 0 Å². The van der Waals surface area contributed by atoms with E-state index in [0.717, 1.165) is 4.47 Å². The lowest BCUT2D eigenvalue weighted by Crippen LogP contribution is -2.27. The van der Waals surface area contributed by atoms with Crippen LogP contribution < -0.4 is 9.64 Å². The summed E-state index contributed by atoms with van der Waals surface area (Å²) < 4.78 is 6.46. The molecule has 1 N–H and O–H groups in total. The largest absolute Gasteiger partial charge is 0.503 e. The van der Waals surface area contributed by atoms with Crippen LogP contribution in [0.25, 0.3) is 6.08 Å². The van der Waals surface area contributed by atoms with Crippen molar-refractivity contribution in [2.45, 2.75) is 0 Å². The highest BCUT2D eigenvalue weighted by Crippen LogP contribution is 2.39. The maximum Gasteiger partial charge on any atom is 0.270 e. The van der Waals surface area contributed by atoms with Crippen LogP contribution in [0.1, 0.15) is 5.56 Å². The highest BCUT2D eigenvalue weighted by molar-refractivity contribution is 9.10. The number of phenolic OH excluding ortho intramolecular Hbond substituents is 1. The van der Waals surface area contributed by atoms with Gasteiger partial charge in [0.1, 0.15) is 0 Å². The molecule has 128 valence electrons. The Kier molecular flexibility index (Phi) is 5.38. The molecule has 1 saturated heterocycles. The van der Waals surface area contributed by atoms with Crippen molar-refractivity contribution in [3.8, 4) is 11.5 Å². The molecule has 0 unspecified atom stereocenters. The number of hydrogen-bond donors (Lipinski definition) is 1. The molecule has 0 bridgehead atoms. The average Bonchev–Trinajstić information content (AvgIpc) is 2.85. The summed E-state index contributed by atoms with van der Waals surface area (Å²) in [6.45, 7) is 0. The highest BCUT2D eigenvalue weighted by atomic mass is 79.9. The maximum absolute atomic E-state index is 12.7. The number of benzene rings is 2. The van der Waals surface area contributed by atoms with Crippen LogP contribution in [0.2, 0.25) is 5.02 Å². The third-order valence-electron chi connectivity index (χ3n) is 3.45. The van der Waals surface area contributed by atoms with Crippen LogP contribution in [-0.2, 0) is 4.79 Å². The number of thioether (sulfide) groups is 1. The van der Waals surface area contributed by atoms with E-state index in [0.29, 0.717) is 20.5 Å². The summed E-state index contributed by atoms with van der Waals surface area (Å²) in [5.41, 5.74) is 1.34. The molecule has 0 atom stereocenters. The minimum absolute atomic E-state index is 0.135.